The lowest BCUT2D eigenvalue weighted by Crippen LogP contribution is -2.38. The predicted molar refractivity (Wildman–Crippen MR) is 82.5 cm³/mol. The van der Waals surface area contributed by atoms with Crippen molar-refractivity contribution in [2.45, 2.75) is 33.6 Å². The van der Waals surface area contributed by atoms with E-state index in [1.807, 2.05) is 26.0 Å². The van der Waals surface area contributed by atoms with Gasteiger partial charge in [-0.1, -0.05) is 26.0 Å². The zero-order valence-electron chi connectivity index (χ0n) is 13.2. The average molecular weight is 292 g/mol. The Morgan fingerprint density at radius 3 is 2.52 bits per heavy atom. The van der Waals surface area contributed by atoms with Crippen molar-refractivity contribution in [3.8, 4) is 5.75 Å². The Kier molecular flexibility index (Phi) is 6.72. The van der Waals surface area contributed by atoms with Gasteiger partial charge in [0.2, 0.25) is 5.91 Å². The van der Waals surface area contributed by atoms with E-state index >= 15 is 0 Å². The van der Waals surface area contributed by atoms with Crippen molar-refractivity contribution in [1.29, 1.82) is 0 Å². The third-order valence-corrected chi connectivity index (χ3v) is 3.06. The fourth-order valence-electron chi connectivity index (χ4n) is 1.76. The van der Waals surface area contributed by atoms with Crippen LogP contribution in [0.5, 0.6) is 5.75 Å². The number of ether oxygens (including phenoxy) is 1. The van der Waals surface area contributed by atoms with Crippen LogP contribution >= 0.6 is 0 Å². The van der Waals surface area contributed by atoms with Gasteiger partial charge in [0.05, 0.1) is 6.54 Å². The molecule has 0 aliphatic carbocycles. The van der Waals surface area contributed by atoms with Crippen molar-refractivity contribution in [2.75, 3.05) is 19.7 Å². The Labute approximate surface area is 126 Å². The van der Waals surface area contributed by atoms with Crippen molar-refractivity contribution in [1.82, 2.24) is 10.6 Å². The van der Waals surface area contributed by atoms with Crippen molar-refractivity contribution in [3.63, 3.8) is 0 Å². The van der Waals surface area contributed by atoms with Crippen LogP contribution in [0.25, 0.3) is 0 Å². The summed E-state index contributed by atoms with van der Waals surface area (Å²) < 4.78 is 5.54. The number of carbonyl (C=O) groups is 2. The predicted octanol–water partition coefficient (Wildman–Crippen LogP) is 1.75. The highest BCUT2D eigenvalue weighted by Crippen LogP contribution is 2.24. The molecule has 0 fully saturated rings. The van der Waals surface area contributed by atoms with Gasteiger partial charge in [0.25, 0.3) is 5.91 Å². The standard InChI is InChI=1S/C16H24N2O3/c1-5-17-15(19)9-18-16(20)10-21-14-8-13(11(2)3)7-6-12(14)4/h6-8,11H,5,9-10H2,1-4H3,(H,17,19)(H,18,20). The summed E-state index contributed by atoms with van der Waals surface area (Å²) in [4.78, 5) is 22.9. The molecule has 0 saturated carbocycles. The molecule has 1 aromatic rings. The summed E-state index contributed by atoms with van der Waals surface area (Å²) in [5.74, 6) is 0.591. The van der Waals surface area contributed by atoms with E-state index in [2.05, 4.69) is 30.5 Å². The van der Waals surface area contributed by atoms with Crippen LogP contribution in [0.4, 0.5) is 0 Å². The summed E-state index contributed by atoms with van der Waals surface area (Å²) in [6, 6.07) is 6.00. The van der Waals surface area contributed by atoms with E-state index in [0.717, 1.165) is 5.56 Å². The van der Waals surface area contributed by atoms with Crippen molar-refractivity contribution in [2.24, 2.45) is 0 Å². The maximum atomic E-state index is 11.6. The Hall–Kier alpha value is -2.04. The number of aryl methyl sites for hydroxylation is 1. The Morgan fingerprint density at radius 2 is 1.90 bits per heavy atom. The molecule has 2 amide bonds. The average Bonchev–Trinajstić information content (AvgIpc) is 2.44. The Morgan fingerprint density at radius 1 is 1.19 bits per heavy atom. The molecule has 0 bridgehead atoms. The van der Waals surface area contributed by atoms with Gasteiger partial charge < -0.3 is 15.4 Å². The van der Waals surface area contributed by atoms with Crippen LogP contribution in [0.3, 0.4) is 0 Å². The summed E-state index contributed by atoms with van der Waals surface area (Å²) in [5.41, 5.74) is 2.15. The molecule has 0 heterocycles. The molecule has 116 valence electrons. The summed E-state index contributed by atoms with van der Waals surface area (Å²) in [6.07, 6.45) is 0. The van der Waals surface area contributed by atoms with Gasteiger partial charge in [-0.15, -0.1) is 0 Å². The molecule has 0 unspecified atom stereocenters. The van der Waals surface area contributed by atoms with E-state index in [-0.39, 0.29) is 25.0 Å². The third kappa shape index (κ3) is 5.85. The quantitative estimate of drug-likeness (QED) is 0.804. The minimum absolute atomic E-state index is 0.0267. The molecule has 0 saturated heterocycles. The summed E-state index contributed by atoms with van der Waals surface area (Å²) in [6.45, 7) is 8.40. The zero-order chi connectivity index (χ0) is 15.8. The van der Waals surface area contributed by atoms with Gasteiger partial charge in [-0.05, 0) is 37.0 Å². The van der Waals surface area contributed by atoms with Crippen molar-refractivity contribution < 1.29 is 14.3 Å². The third-order valence-electron chi connectivity index (χ3n) is 3.06. The second-order valence-electron chi connectivity index (χ2n) is 5.20. The van der Waals surface area contributed by atoms with Gasteiger partial charge in [-0.3, -0.25) is 9.59 Å². The number of amides is 2. The molecule has 21 heavy (non-hydrogen) atoms. The molecule has 0 aliphatic rings. The number of hydrogen-bond donors (Lipinski definition) is 2. The minimum Gasteiger partial charge on any atom is -0.483 e. The number of carbonyl (C=O) groups excluding carboxylic acids is 2. The maximum Gasteiger partial charge on any atom is 0.258 e. The lowest BCUT2D eigenvalue weighted by atomic mass is 10.0. The molecule has 5 nitrogen and oxygen atoms in total. The largest absolute Gasteiger partial charge is 0.483 e. The molecular formula is C16H24N2O3. The van der Waals surface area contributed by atoms with E-state index in [4.69, 9.17) is 4.74 Å². The molecule has 0 aromatic heterocycles. The van der Waals surface area contributed by atoms with E-state index in [1.54, 1.807) is 0 Å². The molecule has 0 aliphatic heterocycles. The monoisotopic (exact) mass is 292 g/mol. The first-order chi connectivity index (χ1) is 9.93. The van der Waals surface area contributed by atoms with Crippen LogP contribution in [-0.2, 0) is 9.59 Å². The lowest BCUT2D eigenvalue weighted by molar-refractivity contribution is -0.127. The fraction of sp³-hybridized carbons (Fsp3) is 0.500. The number of nitrogens with one attached hydrogen (secondary N) is 2. The van der Waals surface area contributed by atoms with Crippen molar-refractivity contribution in [3.05, 3.63) is 29.3 Å². The lowest BCUT2D eigenvalue weighted by Gasteiger charge is -2.12. The molecule has 0 atom stereocenters. The first kappa shape index (κ1) is 17.0. The van der Waals surface area contributed by atoms with Gasteiger partial charge in [-0.25, -0.2) is 0 Å². The first-order valence-corrected chi connectivity index (χ1v) is 7.20. The van der Waals surface area contributed by atoms with Crippen LogP contribution in [0.1, 0.15) is 37.8 Å². The maximum absolute atomic E-state index is 11.6. The SMILES string of the molecule is CCNC(=O)CNC(=O)COc1cc(C(C)C)ccc1C. The Balaban J connectivity index is 2.49. The molecule has 1 rings (SSSR count). The zero-order valence-corrected chi connectivity index (χ0v) is 13.2. The smallest absolute Gasteiger partial charge is 0.258 e. The van der Waals surface area contributed by atoms with E-state index in [9.17, 15) is 9.59 Å². The summed E-state index contributed by atoms with van der Waals surface area (Å²) in [7, 11) is 0. The van der Waals surface area contributed by atoms with E-state index in [1.165, 1.54) is 5.56 Å². The Bertz CT molecular complexity index is 498. The minimum atomic E-state index is -0.310. The van der Waals surface area contributed by atoms with Gasteiger partial charge in [0.1, 0.15) is 5.75 Å². The number of benzene rings is 1. The molecule has 2 N–H and O–H groups in total. The second-order valence-corrected chi connectivity index (χ2v) is 5.20. The molecule has 1 aromatic carbocycles. The van der Waals surface area contributed by atoms with Crippen LogP contribution in [-0.4, -0.2) is 31.5 Å². The number of rotatable bonds is 7. The normalized spacial score (nSPS) is 10.3. The summed E-state index contributed by atoms with van der Waals surface area (Å²) >= 11 is 0. The topological polar surface area (TPSA) is 67.4 Å². The number of hydrogen-bond acceptors (Lipinski definition) is 3. The van der Waals surface area contributed by atoms with Crippen molar-refractivity contribution >= 4 is 11.8 Å². The van der Waals surface area contributed by atoms with Gasteiger partial charge in [0.15, 0.2) is 6.61 Å². The highest BCUT2D eigenvalue weighted by Gasteiger charge is 2.08. The van der Waals surface area contributed by atoms with Crippen LogP contribution in [0.15, 0.2) is 18.2 Å². The first-order valence-electron chi connectivity index (χ1n) is 7.20. The second kappa shape index (κ2) is 8.29. The molecule has 5 heteroatoms. The van der Waals surface area contributed by atoms with Gasteiger partial charge in [0, 0.05) is 6.54 Å². The molecule has 0 spiro atoms. The number of likely N-dealkylation sites (N-methyl/N-ethyl adjacent to an activating group) is 1. The van der Waals surface area contributed by atoms with E-state index in [0.29, 0.717) is 18.2 Å². The van der Waals surface area contributed by atoms with E-state index < -0.39 is 0 Å². The fourth-order valence-corrected chi connectivity index (χ4v) is 1.76. The van der Waals surface area contributed by atoms with Gasteiger partial charge in [-0.2, -0.15) is 0 Å². The van der Waals surface area contributed by atoms with Crippen LogP contribution < -0.4 is 15.4 Å². The molecular weight excluding hydrogens is 268 g/mol. The van der Waals surface area contributed by atoms with Gasteiger partial charge >= 0.3 is 0 Å². The van der Waals surface area contributed by atoms with Crippen LogP contribution in [0, 0.1) is 6.92 Å². The summed E-state index contributed by atoms with van der Waals surface area (Å²) in [5, 5.41) is 5.13. The van der Waals surface area contributed by atoms with Crippen LogP contribution in [0.2, 0.25) is 0 Å². The highest BCUT2D eigenvalue weighted by atomic mass is 16.5. The molecule has 0 radical (unpaired) electrons. The highest BCUT2D eigenvalue weighted by molar-refractivity contribution is 5.85.